The van der Waals surface area contributed by atoms with E-state index in [1.165, 1.54) is 17.6 Å². The molecule has 16 heavy (non-hydrogen) atoms. The second-order valence-electron chi connectivity index (χ2n) is 2.99. The minimum atomic E-state index is 0.196. The summed E-state index contributed by atoms with van der Waals surface area (Å²) in [5.41, 5.74) is 7.21. The van der Waals surface area contributed by atoms with Crippen molar-refractivity contribution in [3.8, 4) is 6.07 Å². The SMILES string of the molecule is N#C/C(=C(/N)c1ccoc1Cl)c1cccs1. The number of hydrogen-bond donors (Lipinski definition) is 1. The van der Waals surface area contributed by atoms with Crippen LogP contribution in [0.5, 0.6) is 0 Å². The van der Waals surface area contributed by atoms with Crippen LogP contribution in [-0.2, 0) is 0 Å². The lowest BCUT2D eigenvalue weighted by atomic mass is 10.1. The summed E-state index contributed by atoms with van der Waals surface area (Å²) in [6.07, 6.45) is 1.44. The number of halogens is 1. The molecule has 5 heteroatoms. The van der Waals surface area contributed by atoms with Crippen LogP contribution in [0.3, 0.4) is 0 Å². The number of nitriles is 1. The Hall–Kier alpha value is -1.70. The molecule has 2 rings (SSSR count). The molecule has 0 unspecified atom stereocenters. The summed E-state index contributed by atoms with van der Waals surface area (Å²) >= 11 is 7.26. The molecule has 2 aromatic rings. The maximum Gasteiger partial charge on any atom is 0.202 e. The number of allylic oxidation sites excluding steroid dienone is 1. The lowest BCUT2D eigenvalue weighted by molar-refractivity contribution is 0.568. The van der Waals surface area contributed by atoms with Crippen molar-refractivity contribution in [2.45, 2.75) is 0 Å². The molecule has 0 aliphatic heterocycles. The first-order valence-electron chi connectivity index (χ1n) is 4.41. The Morgan fingerprint density at radius 3 is 2.81 bits per heavy atom. The van der Waals surface area contributed by atoms with E-state index in [1.54, 1.807) is 6.07 Å². The van der Waals surface area contributed by atoms with Gasteiger partial charge in [-0.1, -0.05) is 6.07 Å². The van der Waals surface area contributed by atoms with Crippen LogP contribution in [0.1, 0.15) is 10.4 Å². The fraction of sp³-hybridized carbons (Fsp3) is 0. The van der Waals surface area contributed by atoms with Gasteiger partial charge in [0, 0.05) is 4.88 Å². The maximum atomic E-state index is 9.10. The molecule has 2 heterocycles. The molecular weight excluding hydrogens is 244 g/mol. The standard InChI is InChI=1S/C11H7ClN2OS/c12-11-7(3-4-15-11)10(14)8(6-13)9-2-1-5-16-9/h1-5H,14H2/b10-8-. The third kappa shape index (κ3) is 1.83. The monoisotopic (exact) mass is 250 g/mol. The zero-order valence-corrected chi connectivity index (χ0v) is 9.68. The van der Waals surface area contributed by atoms with Crippen molar-refractivity contribution in [1.29, 1.82) is 5.26 Å². The third-order valence-electron chi connectivity index (χ3n) is 2.06. The Bertz CT molecular complexity index is 563. The van der Waals surface area contributed by atoms with E-state index < -0.39 is 0 Å². The van der Waals surface area contributed by atoms with Crippen LogP contribution in [0.15, 0.2) is 34.3 Å². The molecule has 0 spiro atoms. The van der Waals surface area contributed by atoms with Gasteiger partial charge >= 0.3 is 0 Å². The molecule has 0 bridgehead atoms. The van der Waals surface area contributed by atoms with Crippen LogP contribution in [0, 0.1) is 11.3 Å². The number of thiophene rings is 1. The van der Waals surface area contributed by atoms with Gasteiger partial charge in [0.2, 0.25) is 5.22 Å². The summed E-state index contributed by atoms with van der Waals surface area (Å²) in [6, 6.07) is 7.43. The molecule has 0 aromatic carbocycles. The summed E-state index contributed by atoms with van der Waals surface area (Å²) in [4.78, 5) is 0.817. The summed E-state index contributed by atoms with van der Waals surface area (Å²) in [6.45, 7) is 0. The number of furan rings is 1. The van der Waals surface area contributed by atoms with Gasteiger partial charge in [-0.15, -0.1) is 11.3 Å². The molecule has 0 fully saturated rings. The van der Waals surface area contributed by atoms with Crippen molar-refractivity contribution in [1.82, 2.24) is 0 Å². The predicted octanol–water partition coefficient (Wildman–Crippen LogP) is 3.35. The van der Waals surface area contributed by atoms with Crippen molar-refractivity contribution >= 4 is 34.2 Å². The van der Waals surface area contributed by atoms with Crippen molar-refractivity contribution in [3.05, 3.63) is 45.5 Å². The van der Waals surface area contributed by atoms with Gasteiger partial charge in [0.05, 0.1) is 23.1 Å². The van der Waals surface area contributed by atoms with Gasteiger partial charge in [-0.05, 0) is 29.1 Å². The fourth-order valence-corrected chi connectivity index (χ4v) is 2.24. The highest BCUT2D eigenvalue weighted by atomic mass is 35.5. The molecule has 2 N–H and O–H groups in total. The van der Waals surface area contributed by atoms with Crippen molar-refractivity contribution in [2.75, 3.05) is 0 Å². The summed E-state index contributed by atoms with van der Waals surface area (Å²) in [5, 5.41) is 11.2. The average molecular weight is 251 g/mol. The summed E-state index contributed by atoms with van der Waals surface area (Å²) < 4.78 is 4.94. The van der Waals surface area contributed by atoms with Crippen LogP contribution in [-0.4, -0.2) is 0 Å². The second-order valence-corrected chi connectivity index (χ2v) is 4.28. The zero-order valence-electron chi connectivity index (χ0n) is 8.11. The van der Waals surface area contributed by atoms with Gasteiger partial charge in [0.1, 0.15) is 6.07 Å². The van der Waals surface area contributed by atoms with Gasteiger partial charge in [-0.2, -0.15) is 5.26 Å². The van der Waals surface area contributed by atoms with Gasteiger partial charge < -0.3 is 10.2 Å². The normalized spacial score (nSPS) is 12.0. The molecule has 80 valence electrons. The first-order valence-corrected chi connectivity index (χ1v) is 5.67. The van der Waals surface area contributed by atoms with Crippen molar-refractivity contribution in [2.24, 2.45) is 5.73 Å². The van der Waals surface area contributed by atoms with Gasteiger partial charge in [-0.3, -0.25) is 0 Å². The Morgan fingerprint density at radius 2 is 2.31 bits per heavy atom. The Kier molecular flexibility index (Phi) is 3.00. The smallest absolute Gasteiger partial charge is 0.202 e. The number of hydrogen-bond acceptors (Lipinski definition) is 4. The Labute approximate surface area is 101 Å². The van der Waals surface area contributed by atoms with E-state index in [9.17, 15) is 0 Å². The number of nitrogens with zero attached hydrogens (tertiary/aromatic N) is 1. The van der Waals surface area contributed by atoms with E-state index in [4.69, 9.17) is 27.0 Å². The van der Waals surface area contributed by atoms with E-state index in [1.807, 2.05) is 17.5 Å². The maximum absolute atomic E-state index is 9.10. The first-order chi connectivity index (χ1) is 7.74. The molecule has 0 atom stereocenters. The van der Waals surface area contributed by atoms with Crippen molar-refractivity contribution < 1.29 is 4.42 Å². The molecule has 0 aliphatic rings. The first kappa shape index (κ1) is 10.8. The molecule has 0 saturated heterocycles. The van der Waals surface area contributed by atoms with Crippen LogP contribution in [0.2, 0.25) is 5.22 Å². The van der Waals surface area contributed by atoms with E-state index >= 15 is 0 Å². The summed E-state index contributed by atoms with van der Waals surface area (Å²) in [5.74, 6) is 0. The quantitative estimate of drug-likeness (QED) is 0.832. The topological polar surface area (TPSA) is 63.0 Å². The van der Waals surface area contributed by atoms with Crippen molar-refractivity contribution in [3.63, 3.8) is 0 Å². The second kappa shape index (κ2) is 4.44. The van der Waals surface area contributed by atoms with Crippen LogP contribution >= 0.6 is 22.9 Å². The van der Waals surface area contributed by atoms with Crippen LogP contribution < -0.4 is 5.73 Å². The average Bonchev–Trinajstić information content (AvgIpc) is 2.90. The van der Waals surface area contributed by atoms with Gasteiger partial charge in [-0.25, -0.2) is 0 Å². The van der Waals surface area contributed by atoms with Crippen LogP contribution in [0.4, 0.5) is 0 Å². The van der Waals surface area contributed by atoms with E-state index in [0.29, 0.717) is 16.8 Å². The Morgan fingerprint density at radius 1 is 1.50 bits per heavy atom. The summed E-state index contributed by atoms with van der Waals surface area (Å²) in [7, 11) is 0. The Balaban J connectivity index is 2.56. The van der Waals surface area contributed by atoms with Gasteiger partial charge in [0.25, 0.3) is 0 Å². The lowest BCUT2D eigenvalue weighted by Crippen LogP contribution is -1.99. The fourth-order valence-electron chi connectivity index (χ4n) is 1.29. The predicted molar refractivity (Wildman–Crippen MR) is 64.7 cm³/mol. The molecule has 3 nitrogen and oxygen atoms in total. The molecule has 2 aromatic heterocycles. The minimum Gasteiger partial charge on any atom is -0.452 e. The minimum absolute atomic E-state index is 0.196. The highest BCUT2D eigenvalue weighted by Crippen LogP contribution is 2.29. The molecule has 0 amide bonds. The molecule has 0 aliphatic carbocycles. The molecular formula is C11H7ClN2OS. The highest BCUT2D eigenvalue weighted by Gasteiger charge is 2.13. The number of rotatable bonds is 2. The highest BCUT2D eigenvalue weighted by molar-refractivity contribution is 7.11. The van der Waals surface area contributed by atoms with Crippen LogP contribution in [0.25, 0.3) is 11.3 Å². The van der Waals surface area contributed by atoms with E-state index in [2.05, 4.69) is 6.07 Å². The molecule has 0 radical (unpaired) electrons. The largest absolute Gasteiger partial charge is 0.452 e. The molecule has 0 saturated carbocycles. The van der Waals surface area contributed by atoms with E-state index in [-0.39, 0.29) is 5.22 Å². The third-order valence-corrected chi connectivity index (χ3v) is 3.24. The lowest BCUT2D eigenvalue weighted by Gasteiger charge is -2.01. The van der Waals surface area contributed by atoms with E-state index in [0.717, 1.165) is 4.88 Å². The van der Waals surface area contributed by atoms with Gasteiger partial charge in [0.15, 0.2) is 0 Å². The number of nitrogens with two attached hydrogens (primary N) is 1. The zero-order chi connectivity index (χ0) is 11.5.